The molecule has 0 unspecified atom stereocenters. The quantitative estimate of drug-likeness (QED) is 0.570. The second kappa shape index (κ2) is 10.5. The molecule has 0 bridgehead atoms. The lowest BCUT2D eigenvalue weighted by atomic mass is 10.4. The van der Waals surface area contributed by atoms with Gasteiger partial charge in [0, 0.05) is 33.1 Å². The van der Waals surface area contributed by atoms with Crippen LogP contribution >= 0.6 is 0 Å². The number of ether oxygens (including phenoxy) is 2. The van der Waals surface area contributed by atoms with Crippen LogP contribution in [0.2, 0.25) is 0 Å². The summed E-state index contributed by atoms with van der Waals surface area (Å²) in [7, 11) is 1.76. The second-order valence-electron chi connectivity index (χ2n) is 4.27. The number of nitrogens with zero attached hydrogens (tertiary/aromatic N) is 1. The van der Waals surface area contributed by atoms with E-state index in [0.717, 1.165) is 6.54 Å². The molecule has 0 rings (SSSR count). The van der Waals surface area contributed by atoms with E-state index < -0.39 is 0 Å². The molecule has 0 fully saturated rings. The summed E-state index contributed by atoms with van der Waals surface area (Å²) in [6, 6.07) is 0.497. The topological polar surface area (TPSA) is 50.8 Å². The Morgan fingerprint density at radius 1 is 1.18 bits per heavy atom. The molecule has 0 aliphatic rings. The third-order valence-corrected chi connectivity index (χ3v) is 2.28. The van der Waals surface area contributed by atoms with Crippen LogP contribution in [-0.4, -0.2) is 63.4 Å². The summed E-state index contributed by atoms with van der Waals surface area (Å²) in [6.45, 7) is 9.69. The second-order valence-corrected chi connectivity index (χ2v) is 4.27. The van der Waals surface area contributed by atoms with Gasteiger partial charge in [0.2, 0.25) is 5.91 Å². The van der Waals surface area contributed by atoms with Gasteiger partial charge in [0.05, 0.1) is 26.4 Å². The van der Waals surface area contributed by atoms with Gasteiger partial charge in [0.25, 0.3) is 0 Å². The minimum atomic E-state index is 0.0598. The molecule has 1 N–H and O–H groups in total. The van der Waals surface area contributed by atoms with Crippen molar-refractivity contribution in [2.24, 2.45) is 0 Å². The van der Waals surface area contributed by atoms with E-state index in [1.807, 2.05) is 0 Å². The van der Waals surface area contributed by atoms with Crippen LogP contribution in [-0.2, 0) is 14.3 Å². The Balaban J connectivity index is 3.11. The normalized spacial score (nSPS) is 10.9. The van der Waals surface area contributed by atoms with Gasteiger partial charge in [-0.15, -0.1) is 0 Å². The Morgan fingerprint density at radius 3 is 2.29 bits per heavy atom. The van der Waals surface area contributed by atoms with Crippen LogP contribution in [0.25, 0.3) is 0 Å². The number of amides is 1. The van der Waals surface area contributed by atoms with Crippen LogP contribution in [0, 0.1) is 0 Å². The van der Waals surface area contributed by atoms with E-state index in [9.17, 15) is 4.79 Å². The van der Waals surface area contributed by atoms with Crippen molar-refractivity contribution in [2.45, 2.75) is 26.8 Å². The minimum absolute atomic E-state index is 0.0598. The zero-order valence-corrected chi connectivity index (χ0v) is 11.5. The van der Waals surface area contributed by atoms with Crippen LogP contribution in [0.5, 0.6) is 0 Å². The fourth-order valence-electron chi connectivity index (χ4n) is 1.10. The summed E-state index contributed by atoms with van der Waals surface area (Å²) in [5, 5.41) is 3.26. The molecule has 0 atom stereocenters. The van der Waals surface area contributed by atoms with E-state index in [1.165, 1.54) is 0 Å². The van der Waals surface area contributed by atoms with Gasteiger partial charge in [0.1, 0.15) is 0 Å². The molecule has 5 heteroatoms. The molecular weight excluding hydrogens is 220 g/mol. The predicted molar refractivity (Wildman–Crippen MR) is 68.1 cm³/mol. The van der Waals surface area contributed by atoms with Gasteiger partial charge in [-0.05, 0) is 0 Å². The molecule has 0 saturated heterocycles. The van der Waals surface area contributed by atoms with Crippen molar-refractivity contribution in [1.29, 1.82) is 0 Å². The monoisotopic (exact) mass is 246 g/mol. The summed E-state index contributed by atoms with van der Waals surface area (Å²) in [4.78, 5) is 12.5. The maximum absolute atomic E-state index is 10.9. The highest BCUT2D eigenvalue weighted by Crippen LogP contribution is 1.85. The van der Waals surface area contributed by atoms with E-state index in [4.69, 9.17) is 9.47 Å². The third kappa shape index (κ3) is 11.6. The molecule has 0 aliphatic heterocycles. The fraction of sp³-hybridized carbons (Fsp3) is 0.917. The Morgan fingerprint density at radius 2 is 1.76 bits per heavy atom. The molecule has 0 aromatic heterocycles. The van der Waals surface area contributed by atoms with E-state index in [0.29, 0.717) is 39.0 Å². The molecule has 17 heavy (non-hydrogen) atoms. The largest absolute Gasteiger partial charge is 0.378 e. The van der Waals surface area contributed by atoms with E-state index in [2.05, 4.69) is 19.2 Å². The molecule has 102 valence electrons. The number of likely N-dealkylation sites (N-methyl/N-ethyl adjacent to an activating group) is 1. The van der Waals surface area contributed by atoms with Crippen molar-refractivity contribution in [3.05, 3.63) is 0 Å². The maximum atomic E-state index is 10.9. The molecule has 5 nitrogen and oxygen atoms in total. The average molecular weight is 246 g/mol. The summed E-state index contributed by atoms with van der Waals surface area (Å²) < 4.78 is 10.7. The zero-order valence-electron chi connectivity index (χ0n) is 11.5. The molecule has 0 spiro atoms. The lowest BCUT2D eigenvalue weighted by Crippen LogP contribution is -2.28. The first-order valence-electron chi connectivity index (χ1n) is 6.14. The molecule has 0 aromatic rings. The van der Waals surface area contributed by atoms with Gasteiger partial charge in [-0.3, -0.25) is 4.79 Å². The van der Waals surface area contributed by atoms with Crippen molar-refractivity contribution in [2.75, 3.05) is 46.6 Å². The SMILES string of the molecule is CC(=O)N(C)CCOCCOCCNC(C)C. The Kier molecular flexibility index (Phi) is 10.1. The summed E-state index contributed by atoms with van der Waals surface area (Å²) in [6.07, 6.45) is 0. The molecule has 0 aliphatic carbocycles. The Bertz CT molecular complexity index is 198. The molecule has 1 amide bonds. The van der Waals surface area contributed by atoms with Crippen molar-refractivity contribution in [1.82, 2.24) is 10.2 Å². The first kappa shape index (κ1) is 16.4. The molecule has 0 saturated carbocycles. The van der Waals surface area contributed by atoms with Crippen LogP contribution in [0.15, 0.2) is 0 Å². The van der Waals surface area contributed by atoms with Gasteiger partial charge < -0.3 is 19.7 Å². The van der Waals surface area contributed by atoms with Crippen molar-refractivity contribution >= 4 is 5.91 Å². The maximum Gasteiger partial charge on any atom is 0.219 e. The number of carbonyl (C=O) groups is 1. The highest BCUT2D eigenvalue weighted by atomic mass is 16.5. The Labute approximate surface area is 104 Å². The molecule has 0 radical (unpaired) electrons. The van der Waals surface area contributed by atoms with Gasteiger partial charge in [-0.1, -0.05) is 13.8 Å². The summed E-state index contributed by atoms with van der Waals surface area (Å²) in [5.74, 6) is 0.0598. The van der Waals surface area contributed by atoms with Crippen molar-refractivity contribution < 1.29 is 14.3 Å². The molecule has 0 aromatic carbocycles. The zero-order chi connectivity index (χ0) is 13.1. The van der Waals surface area contributed by atoms with Crippen molar-refractivity contribution in [3.8, 4) is 0 Å². The third-order valence-electron chi connectivity index (χ3n) is 2.28. The Hall–Kier alpha value is -0.650. The lowest BCUT2D eigenvalue weighted by molar-refractivity contribution is -0.128. The first-order valence-corrected chi connectivity index (χ1v) is 6.14. The smallest absolute Gasteiger partial charge is 0.219 e. The van der Waals surface area contributed by atoms with Crippen LogP contribution in [0.3, 0.4) is 0 Å². The predicted octanol–water partition coefficient (Wildman–Crippen LogP) is 0.496. The average Bonchev–Trinajstić information content (AvgIpc) is 2.25. The van der Waals surface area contributed by atoms with Gasteiger partial charge >= 0.3 is 0 Å². The van der Waals surface area contributed by atoms with E-state index >= 15 is 0 Å². The number of rotatable bonds is 10. The van der Waals surface area contributed by atoms with E-state index in [1.54, 1.807) is 18.9 Å². The van der Waals surface area contributed by atoms with E-state index in [-0.39, 0.29) is 5.91 Å². The van der Waals surface area contributed by atoms with Crippen LogP contribution in [0.1, 0.15) is 20.8 Å². The van der Waals surface area contributed by atoms with Gasteiger partial charge in [-0.25, -0.2) is 0 Å². The number of hydrogen-bond donors (Lipinski definition) is 1. The number of carbonyl (C=O) groups excluding carboxylic acids is 1. The molecule has 0 heterocycles. The highest BCUT2D eigenvalue weighted by Gasteiger charge is 2.00. The number of hydrogen-bond acceptors (Lipinski definition) is 4. The summed E-state index contributed by atoms with van der Waals surface area (Å²) in [5.41, 5.74) is 0. The standard InChI is InChI=1S/C12H26N2O3/c1-11(2)13-5-7-16-9-10-17-8-6-14(4)12(3)15/h11,13H,5-10H2,1-4H3. The fourth-order valence-corrected chi connectivity index (χ4v) is 1.10. The first-order chi connectivity index (χ1) is 8.04. The van der Waals surface area contributed by atoms with Crippen molar-refractivity contribution in [3.63, 3.8) is 0 Å². The molecular formula is C12H26N2O3. The van der Waals surface area contributed by atoms with Crippen LogP contribution in [0.4, 0.5) is 0 Å². The van der Waals surface area contributed by atoms with Gasteiger partial charge in [-0.2, -0.15) is 0 Å². The number of nitrogens with one attached hydrogen (secondary N) is 1. The highest BCUT2D eigenvalue weighted by molar-refractivity contribution is 5.72. The lowest BCUT2D eigenvalue weighted by Gasteiger charge is -2.14. The van der Waals surface area contributed by atoms with Gasteiger partial charge in [0.15, 0.2) is 0 Å². The summed E-state index contributed by atoms with van der Waals surface area (Å²) >= 11 is 0. The minimum Gasteiger partial charge on any atom is -0.378 e. The van der Waals surface area contributed by atoms with Crippen LogP contribution < -0.4 is 5.32 Å².